The molecular weight excluding hydrogens is 326 g/mol. The van der Waals surface area contributed by atoms with Crippen molar-refractivity contribution in [2.45, 2.75) is 16.3 Å². The summed E-state index contributed by atoms with van der Waals surface area (Å²) in [7, 11) is 0. The molecule has 2 heterocycles. The largest absolute Gasteiger partial charge is 0.490 e. The predicted molar refractivity (Wildman–Crippen MR) is 78.1 cm³/mol. The predicted octanol–water partition coefficient (Wildman–Crippen LogP) is 4.16. The average Bonchev–Trinajstić information content (AvgIpc) is 2.63. The highest BCUT2D eigenvalue weighted by Crippen LogP contribution is 2.36. The van der Waals surface area contributed by atoms with Gasteiger partial charge >= 0.3 is 0 Å². The van der Waals surface area contributed by atoms with Crippen molar-refractivity contribution in [2.75, 3.05) is 13.2 Å². The lowest BCUT2D eigenvalue weighted by molar-refractivity contribution is 0.297. The van der Waals surface area contributed by atoms with Gasteiger partial charge in [0.1, 0.15) is 9.63 Å². The minimum Gasteiger partial charge on any atom is -0.490 e. The van der Waals surface area contributed by atoms with Gasteiger partial charge in [-0.05, 0) is 46.3 Å². The van der Waals surface area contributed by atoms with E-state index in [0.29, 0.717) is 13.2 Å². The normalized spacial score (nSPS) is 13.9. The average molecular weight is 338 g/mol. The zero-order valence-electron chi connectivity index (χ0n) is 10.1. The number of hydrogen-bond donors (Lipinski definition) is 0. The highest BCUT2D eigenvalue weighted by atomic mass is 79.9. The summed E-state index contributed by atoms with van der Waals surface area (Å²) in [6, 6.07) is 11.9. The summed E-state index contributed by atoms with van der Waals surface area (Å²) in [5, 5.41) is 0.948. The Morgan fingerprint density at radius 2 is 1.89 bits per heavy atom. The first kappa shape index (κ1) is 12.8. The Labute approximate surface area is 124 Å². The van der Waals surface area contributed by atoms with Gasteiger partial charge in [-0.1, -0.05) is 17.8 Å². The third-order valence-corrected chi connectivity index (χ3v) is 4.00. The molecule has 0 aliphatic carbocycles. The molecule has 98 valence electrons. The molecule has 0 saturated carbocycles. The second-order valence-corrected chi connectivity index (χ2v) is 5.97. The fourth-order valence-electron chi connectivity index (χ4n) is 1.77. The summed E-state index contributed by atoms with van der Waals surface area (Å²) in [5.74, 6) is 1.64. The van der Waals surface area contributed by atoms with Gasteiger partial charge in [-0.25, -0.2) is 4.98 Å². The van der Waals surface area contributed by atoms with Gasteiger partial charge in [-0.3, -0.25) is 0 Å². The summed E-state index contributed by atoms with van der Waals surface area (Å²) in [5.41, 5.74) is 0. The fraction of sp³-hybridized carbons (Fsp3) is 0.214. The van der Waals surface area contributed by atoms with E-state index < -0.39 is 0 Å². The van der Waals surface area contributed by atoms with Crippen LogP contribution in [0.3, 0.4) is 0 Å². The zero-order chi connectivity index (χ0) is 13.1. The van der Waals surface area contributed by atoms with Crippen LogP contribution in [0, 0.1) is 0 Å². The van der Waals surface area contributed by atoms with E-state index in [1.165, 1.54) is 0 Å². The molecule has 1 aromatic carbocycles. The van der Waals surface area contributed by atoms with Crippen LogP contribution < -0.4 is 9.47 Å². The molecule has 0 saturated heterocycles. The molecule has 3 rings (SSSR count). The number of fused-ring (bicyclic) bond motifs is 1. The first-order valence-electron chi connectivity index (χ1n) is 6.01. The number of halogens is 1. The molecule has 0 spiro atoms. The lowest BCUT2D eigenvalue weighted by Crippen LogP contribution is -1.97. The van der Waals surface area contributed by atoms with Gasteiger partial charge < -0.3 is 9.47 Å². The molecule has 1 aliphatic rings. The highest BCUT2D eigenvalue weighted by molar-refractivity contribution is 9.10. The van der Waals surface area contributed by atoms with Gasteiger partial charge in [0, 0.05) is 11.3 Å². The standard InChI is InChI=1S/C14H12BrNO2S/c15-13-3-1-4-14(16-13)19-10-5-6-11-12(9-10)18-8-2-7-17-11/h1,3-6,9H,2,7-8H2. The minimum atomic E-state index is 0.705. The second-order valence-electron chi connectivity index (χ2n) is 4.06. The summed E-state index contributed by atoms with van der Waals surface area (Å²) in [6.07, 6.45) is 0.921. The molecule has 5 heteroatoms. The van der Waals surface area contributed by atoms with E-state index in [1.807, 2.05) is 36.4 Å². The van der Waals surface area contributed by atoms with Crippen molar-refractivity contribution in [2.24, 2.45) is 0 Å². The van der Waals surface area contributed by atoms with E-state index in [0.717, 1.165) is 32.4 Å². The quantitative estimate of drug-likeness (QED) is 0.770. The molecule has 0 amide bonds. The Balaban J connectivity index is 1.84. The summed E-state index contributed by atoms with van der Waals surface area (Å²) in [4.78, 5) is 5.50. The number of aromatic nitrogens is 1. The van der Waals surface area contributed by atoms with E-state index in [4.69, 9.17) is 9.47 Å². The Kier molecular flexibility index (Phi) is 3.94. The van der Waals surface area contributed by atoms with Gasteiger partial charge in [-0.2, -0.15) is 0 Å². The minimum absolute atomic E-state index is 0.705. The monoisotopic (exact) mass is 337 g/mol. The van der Waals surface area contributed by atoms with Crippen molar-refractivity contribution >= 4 is 27.7 Å². The molecule has 0 radical (unpaired) electrons. The van der Waals surface area contributed by atoms with Gasteiger partial charge in [-0.15, -0.1) is 0 Å². The van der Waals surface area contributed by atoms with Crippen LogP contribution in [0.25, 0.3) is 0 Å². The van der Waals surface area contributed by atoms with Gasteiger partial charge in [0.2, 0.25) is 0 Å². The fourth-order valence-corrected chi connectivity index (χ4v) is 3.07. The maximum absolute atomic E-state index is 5.68. The third-order valence-electron chi connectivity index (χ3n) is 2.63. The smallest absolute Gasteiger partial charge is 0.162 e. The summed E-state index contributed by atoms with van der Waals surface area (Å²) >= 11 is 4.98. The van der Waals surface area contributed by atoms with Gasteiger partial charge in [0.05, 0.1) is 13.2 Å². The van der Waals surface area contributed by atoms with Crippen LogP contribution in [0.15, 0.2) is 50.9 Å². The molecule has 3 nitrogen and oxygen atoms in total. The SMILES string of the molecule is Brc1cccc(Sc2ccc3c(c2)OCCCO3)n1. The van der Waals surface area contributed by atoms with Crippen molar-refractivity contribution in [1.29, 1.82) is 0 Å². The first-order chi connectivity index (χ1) is 9.31. The lowest BCUT2D eigenvalue weighted by atomic mass is 10.3. The Morgan fingerprint density at radius 1 is 1.05 bits per heavy atom. The summed E-state index contributed by atoms with van der Waals surface area (Å²) in [6.45, 7) is 1.42. The second kappa shape index (κ2) is 5.84. The zero-order valence-corrected chi connectivity index (χ0v) is 12.5. The lowest BCUT2D eigenvalue weighted by Gasteiger charge is -2.08. The van der Waals surface area contributed by atoms with E-state index in [1.54, 1.807) is 11.8 Å². The molecule has 2 aromatic rings. The van der Waals surface area contributed by atoms with E-state index in [-0.39, 0.29) is 0 Å². The Bertz CT molecular complexity index is 591. The number of rotatable bonds is 2. The topological polar surface area (TPSA) is 31.4 Å². The van der Waals surface area contributed by atoms with E-state index >= 15 is 0 Å². The van der Waals surface area contributed by atoms with Crippen LogP contribution >= 0.6 is 27.7 Å². The number of nitrogens with zero attached hydrogens (tertiary/aromatic N) is 1. The van der Waals surface area contributed by atoms with Crippen molar-refractivity contribution in [3.63, 3.8) is 0 Å². The molecule has 0 N–H and O–H groups in total. The molecule has 0 unspecified atom stereocenters. The van der Waals surface area contributed by atoms with Gasteiger partial charge in [0.25, 0.3) is 0 Å². The van der Waals surface area contributed by atoms with Crippen LogP contribution in [0.2, 0.25) is 0 Å². The molecule has 0 bridgehead atoms. The maximum atomic E-state index is 5.68. The van der Waals surface area contributed by atoms with Crippen LogP contribution in [-0.4, -0.2) is 18.2 Å². The number of pyridine rings is 1. The van der Waals surface area contributed by atoms with Crippen molar-refractivity contribution in [3.05, 3.63) is 41.0 Å². The first-order valence-corrected chi connectivity index (χ1v) is 7.62. The van der Waals surface area contributed by atoms with Crippen molar-refractivity contribution in [1.82, 2.24) is 4.98 Å². The molecule has 1 aliphatic heterocycles. The molecule has 1 aromatic heterocycles. The molecule has 19 heavy (non-hydrogen) atoms. The maximum Gasteiger partial charge on any atom is 0.162 e. The van der Waals surface area contributed by atoms with Crippen molar-refractivity contribution < 1.29 is 9.47 Å². The van der Waals surface area contributed by atoms with E-state index in [9.17, 15) is 0 Å². The molecular formula is C14H12BrNO2S. The van der Waals surface area contributed by atoms with Crippen molar-refractivity contribution in [3.8, 4) is 11.5 Å². The Hall–Kier alpha value is -1.20. The molecule has 0 atom stereocenters. The van der Waals surface area contributed by atoms with Gasteiger partial charge in [0.15, 0.2) is 11.5 Å². The molecule has 0 fully saturated rings. The Morgan fingerprint density at radius 3 is 2.74 bits per heavy atom. The van der Waals surface area contributed by atoms with Crippen LogP contribution in [0.5, 0.6) is 11.5 Å². The van der Waals surface area contributed by atoms with E-state index in [2.05, 4.69) is 20.9 Å². The van der Waals surface area contributed by atoms with Crippen LogP contribution in [0.4, 0.5) is 0 Å². The number of ether oxygens (including phenoxy) is 2. The van der Waals surface area contributed by atoms with Crippen LogP contribution in [0.1, 0.15) is 6.42 Å². The summed E-state index contributed by atoms with van der Waals surface area (Å²) < 4.78 is 12.1. The highest BCUT2D eigenvalue weighted by Gasteiger charge is 2.11. The number of hydrogen-bond acceptors (Lipinski definition) is 4. The van der Waals surface area contributed by atoms with Crippen LogP contribution in [-0.2, 0) is 0 Å². The third kappa shape index (κ3) is 3.22. The number of benzene rings is 1.